The third kappa shape index (κ3) is 4.82. The van der Waals surface area contributed by atoms with Gasteiger partial charge in [-0.15, -0.1) is 0 Å². The molecule has 1 aliphatic rings. The van der Waals surface area contributed by atoms with Crippen LogP contribution in [-0.2, 0) is 16.0 Å². The Morgan fingerprint density at radius 3 is 2.96 bits per heavy atom. The zero-order chi connectivity index (χ0) is 19.2. The van der Waals surface area contributed by atoms with Crippen molar-refractivity contribution < 1.29 is 9.53 Å². The number of rotatable bonds is 8. The Morgan fingerprint density at radius 2 is 2.22 bits per heavy atom. The molecule has 0 N–H and O–H groups in total. The van der Waals surface area contributed by atoms with Crippen molar-refractivity contribution in [2.75, 3.05) is 32.3 Å². The summed E-state index contributed by atoms with van der Waals surface area (Å²) < 4.78 is 7.49. The predicted molar refractivity (Wildman–Crippen MR) is 110 cm³/mol. The molecule has 0 saturated carbocycles. The van der Waals surface area contributed by atoms with Crippen molar-refractivity contribution in [3.8, 4) is 0 Å². The summed E-state index contributed by atoms with van der Waals surface area (Å²) in [5, 5.41) is 0. The van der Waals surface area contributed by atoms with Crippen molar-refractivity contribution in [3.05, 3.63) is 24.2 Å². The van der Waals surface area contributed by atoms with Crippen LogP contribution in [-0.4, -0.2) is 63.7 Å². The number of carbonyl (C=O) groups excluding carboxylic acids is 1. The first-order valence-corrected chi connectivity index (χ1v) is 10.9. The van der Waals surface area contributed by atoms with Gasteiger partial charge >= 0.3 is 0 Å². The quantitative estimate of drug-likeness (QED) is 0.692. The number of aryl methyl sites for hydroxylation is 1. The van der Waals surface area contributed by atoms with Gasteiger partial charge in [0.2, 0.25) is 5.91 Å². The van der Waals surface area contributed by atoms with E-state index in [2.05, 4.69) is 16.5 Å². The molecule has 1 saturated heterocycles. The van der Waals surface area contributed by atoms with Crippen LogP contribution in [0, 0.1) is 0 Å². The molecule has 27 heavy (non-hydrogen) atoms. The summed E-state index contributed by atoms with van der Waals surface area (Å²) in [6, 6.07) is 4.46. The smallest absolute Gasteiger partial charge is 0.222 e. The number of imidazole rings is 1. The van der Waals surface area contributed by atoms with Crippen molar-refractivity contribution in [1.29, 1.82) is 0 Å². The number of hydrogen-bond acceptors (Lipinski definition) is 5. The first kappa shape index (κ1) is 20.1. The van der Waals surface area contributed by atoms with Gasteiger partial charge in [0.25, 0.3) is 0 Å². The fourth-order valence-electron chi connectivity index (χ4n) is 3.78. The van der Waals surface area contributed by atoms with Gasteiger partial charge in [-0.05, 0) is 49.8 Å². The molecule has 2 aromatic rings. The maximum atomic E-state index is 12.6. The second-order valence-corrected chi connectivity index (χ2v) is 8.48. The highest BCUT2D eigenvalue weighted by molar-refractivity contribution is 7.99. The van der Waals surface area contributed by atoms with Crippen molar-refractivity contribution in [2.24, 2.45) is 0 Å². The maximum absolute atomic E-state index is 12.6. The molecule has 0 aliphatic carbocycles. The monoisotopic (exact) mass is 390 g/mol. The molecular formula is C20H30N4O2S. The summed E-state index contributed by atoms with van der Waals surface area (Å²) in [6.07, 6.45) is 6.16. The van der Waals surface area contributed by atoms with E-state index in [1.807, 2.05) is 35.8 Å². The van der Waals surface area contributed by atoms with E-state index in [9.17, 15) is 4.79 Å². The maximum Gasteiger partial charge on any atom is 0.222 e. The SMILES string of the molecule is COC[C@H](C)n1c(CCCC(=O)N(C)C2CCSCC2)nc2cccnc21. The number of nitrogens with zero attached hydrogens (tertiary/aromatic N) is 4. The molecule has 3 rings (SSSR count). The van der Waals surface area contributed by atoms with Gasteiger partial charge in [0, 0.05) is 39.2 Å². The van der Waals surface area contributed by atoms with E-state index < -0.39 is 0 Å². The van der Waals surface area contributed by atoms with Gasteiger partial charge in [0.15, 0.2) is 5.65 Å². The lowest BCUT2D eigenvalue weighted by Crippen LogP contribution is -2.39. The second kappa shape index (κ2) is 9.55. The standard InChI is InChI=1S/C20H30N4O2S/c1-15(14-26-3)24-18(22-17-6-5-11-21-20(17)24)7-4-8-19(25)23(2)16-9-12-27-13-10-16/h5-6,11,15-16H,4,7-10,12-14H2,1-3H3/t15-/m0/s1. The zero-order valence-electron chi connectivity index (χ0n) is 16.6. The highest BCUT2D eigenvalue weighted by atomic mass is 32.2. The van der Waals surface area contributed by atoms with Gasteiger partial charge in [-0.1, -0.05) is 0 Å². The molecule has 0 radical (unpaired) electrons. The highest BCUT2D eigenvalue weighted by Crippen LogP contribution is 2.23. The summed E-state index contributed by atoms with van der Waals surface area (Å²) >= 11 is 1.99. The van der Waals surface area contributed by atoms with Crippen LogP contribution in [0.3, 0.4) is 0 Å². The van der Waals surface area contributed by atoms with Crippen LogP contribution in [0.2, 0.25) is 0 Å². The lowest BCUT2D eigenvalue weighted by Gasteiger charge is -2.31. The van der Waals surface area contributed by atoms with Gasteiger partial charge in [0.05, 0.1) is 12.6 Å². The Hall–Kier alpha value is -1.60. The Bertz CT molecular complexity index is 758. The van der Waals surface area contributed by atoms with Crippen molar-refractivity contribution >= 4 is 28.8 Å². The Kier molecular flexibility index (Phi) is 7.13. The zero-order valence-corrected chi connectivity index (χ0v) is 17.4. The molecule has 6 nitrogen and oxygen atoms in total. The van der Waals surface area contributed by atoms with E-state index in [1.54, 1.807) is 13.3 Å². The molecule has 1 aliphatic heterocycles. The number of aromatic nitrogens is 3. The molecule has 2 aromatic heterocycles. The van der Waals surface area contributed by atoms with E-state index in [1.165, 1.54) is 0 Å². The Balaban J connectivity index is 1.64. The largest absolute Gasteiger partial charge is 0.383 e. The molecule has 148 valence electrons. The van der Waals surface area contributed by atoms with Crippen LogP contribution >= 0.6 is 11.8 Å². The molecule has 1 amide bonds. The molecule has 1 atom stereocenters. The molecular weight excluding hydrogens is 360 g/mol. The van der Waals surface area contributed by atoms with Gasteiger partial charge < -0.3 is 14.2 Å². The molecule has 0 spiro atoms. The summed E-state index contributed by atoms with van der Waals surface area (Å²) in [6.45, 7) is 2.72. The first-order valence-electron chi connectivity index (χ1n) is 9.76. The number of thioether (sulfide) groups is 1. The van der Waals surface area contributed by atoms with Crippen LogP contribution in [0.15, 0.2) is 18.3 Å². The molecule has 7 heteroatoms. The average Bonchev–Trinajstić information content (AvgIpc) is 3.06. The van der Waals surface area contributed by atoms with Gasteiger partial charge in [-0.25, -0.2) is 9.97 Å². The Morgan fingerprint density at radius 1 is 1.44 bits per heavy atom. The van der Waals surface area contributed by atoms with Gasteiger partial charge in [0.1, 0.15) is 11.3 Å². The van der Waals surface area contributed by atoms with Crippen LogP contribution in [0.25, 0.3) is 11.2 Å². The molecule has 3 heterocycles. The van der Waals surface area contributed by atoms with E-state index in [0.29, 0.717) is 19.1 Å². The lowest BCUT2D eigenvalue weighted by molar-refractivity contribution is -0.132. The van der Waals surface area contributed by atoms with Crippen molar-refractivity contribution in [2.45, 2.75) is 51.1 Å². The number of carbonyl (C=O) groups is 1. The predicted octanol–water partition coefficient (Wildman–Crippen LogP) is 3.32. The molecule has 1 fully saturated rings. The third-order valence-electron chi connectivity index (χ3n) is 5.29. The Labute approximate surface area is 165 Å². The number of pyridine rings is 1. The topological polar surface area (TPSA) is 60.2 Å². The summed E-state index contributed by atoms with van der Waals surface area (Å²) in [4.78, 5) is 23.8. The van der Waals surface area contributed by atoms with Crippen LogP contribution < -0.4 is 0 Å². The molecule has 0 aromatic carbocycles. The summed E-state index contributed by atoms with van der Waals surface area (Å²) in [5.41, 5.74) is 1.79. The number of methoxy groups -OCH3 is 1. The third-order valence-corrected chi connectivity index (χ3v) is 6.34. The number of hydrogen-bond donors (Lipinski definition) is 0. The van der Waals surface area contributed by atoms with Gasteiger partial charge in [-0.3, -0.25) is 4.79 Å². The van der Waals surface area contributed by atoms with Crippen LogP contribution in [0.4, 0.5) is 0 Å². The van der Waals surface area contributed by atoms with E-state index in [-0.39, 0.29) is 11.9 Å². The molecule has 0 bridgehead atoms. The first-order chi connectivity index (χ1) is 13.1. The van der Waals surface area contributed by atoms with Crippen LogP contribution in [0.5, 0.6) is 0 Å². The van der Waals surface area contributed by atoms with E-state index in [0.717, 1.165) is 54.2 Å². The van der Waals surface area contributed by atoms with E-state index in [4.69, 9.17) is 9.72 Å². The minimum atomic E-state index is 0.156. The minimum absolute atomic E-state index is 0.156. The highest BCUT2D eigenvalue weighted by Gasteiger charge is 2.22. The number of amides is 1. The normalized spacial score (nSPS) is 16.6. The summed E-state index contributed by atoms with van der Waals surface area (Å²) in [7, 11) is 3.67. The van der Waals surface area contributed by atoms with Crippen molar-refractivity contribution in [1.82, 2.24) is 19.4 Å². The van der Waals surface area contributed by atoms with Gasteiger partial charge in [-0.2, -0.15) is 11.8 Å². The lowest BCUT2D eigenvalue weighted by atomic mass is 10.1. The fraction of sp³-hybridized carbons (Fsp3) is 0.650. The molecule has 0 unspecified atom stereocenters. The minimum Gasteiger partial charge on any atom is -0.383 e. The average molecular weight is 391 g/mol. The number of ether oxygens (including phenoxy) is 1. The van der Waals surface area contributed by atoms with Crippen molar-refractivity contribution in [3.63, 3.8) is 0 Å². The fourth-order valence-corrected chi connectivity index (χ4v) is 4.86. The number of fused-ring (bicyclic) bond motifs is 1. The second-order valence-electron chi connectivity index (χ2n) is 7.25. The summed E-state index contributed by atoms with van der Waals surface area (Å²) in [5.74, 6) is 3.56. The van der Waals surface area contributed by atoms with Crippen LogP contribution in [0.1, 0.15) is 44.5 Å². The van der Waals surface area contributed by atoms with E-state index >= 15 is 0 Å².